The molecule has 0 saturated carbocycles. The van der Waals surface area contributed by atoms with E-state index in [2.05, 4.69) is 19.2 Å². The quantitative estimate of drug-likeness (QED) is 0.530. The van der Waals surface area contributed by atoms with E-state index in [1.165, 1.54) is 0 Å². The highest BCUT2D eigenvalue weighted by Crippen LogP contribution is 2.04. The predicted octanol–water partition coefficient (Wildman–Crippen LogP) is 2.19. The maximum Gasteiger partial charge on any atom is 0.222 e. The van der Waals surface area contributed by atoms with Crippen LogP contribution in [0, 0.1) is 11.8 Å². The number of amides is 1. The molecule has 0 aromatic heterocycles. The van der Waals surface area contributed by atoms with Crippen molar-refractivity contribution < 1.29 is 19.1 Å². The minimum atomic E-state index is 0.00624. The summed E-state index contributed by atoms with van der Waals surface area (Å²) in [5.74, 6) is 0.793. The minimum Gasteiger partial charge on any atom is -0.379 e. The molecule has 0 saturated heterocycles. The highest BCUT2D eigenvalue weighted by atomic mass is 16.5. The molecule has 0 aliphatic carbocycles. The van der Waals surface area contributed by atoms with Gasteiger partial charge in [-0.2, -0.15) is 0 Å². The lowest BCUT2D eigenvalue weighted by Gasteiger charge is -2.08. The average Bonchev–Trinajstić information content (AvgIpc) is 2.39. The molecular weight excluding hydrogens is 270 g/mol. The zero-order valence-corrected chi connectivity index (χ0v) is 13.9. The van der Waals surface area contributed by atoms with Gasteiger partial charge in [0.05, 0.1) is 19.8 Å². The van der Waals surface area contributed by atoms with Crippen molar-refractivity contribution in [2.75, 3.05) is 33.0 Å². The van der Waals surface area contributed by atoms with E-state index in [0.717, 1.165) is 6.42 Å². The summed E-state index contributed by atoms with van der Waals surface area (Å²) in [5.41, 5.74) is 0. The van der Waals surface area contributed by atoms with Crippen LogP contribution in [0.4, 0.5) is 0 Å². The first-order valence-corrected chi connectivity index (χ1v) is 7.88. The second-order valence-corrected chi connectivity index (χ2v) is 5.91. The lowest BCUT2D eigenvalue weighted by Crippen LogP contribution is -2.31. The van der Waals surface area contributed by atoms with E-state index in [4.69, 9.17) is 9.47 Å². The molecule has 0 aliphatic heterocycles. The number of hydrogen-bond acceptors (Lipinski definition) is 4. The van der Waals surface area contributed by atoms with Gasteiger partial charge in [-0.05, 0) is 12.3 Å². The van der Waals surface area contributed by atoms with Gasteiger partial charge in [-0.15, -0.1) is 0 Å². The van der Waals surface area contributed by atoms with Crippen molar-refractivity contribution in [2.24, 2.45) is 11.8 Å². The molecule has 0 fully saturated rings. The van der Waals surface area contributed by atoms with Gasteiger partial charge in [0.25, 0.3) is 0 Å². The van der Waals surface area contributed by atoms with Crippen LogP contribution >= 0.6 is 0 Å². The summed E-state index contributed by atoms with van der Waals surface area (Å²) in [7, 11) is 0. The molecule has 0 atom stereocenters. The third-order valence-electron chi connectivity index (χ3n) is 2.82. The van der Waals surface area contributed by atoms with Crippen LogP contribution in [0.1, 0.15) is 47.0 Å². The monoisotopic (exact) mass is 301 g/mol. The molecule has 124 valence electrons. The highest BCUT2D eigenvalue weighted by molar-refractivity contribution is 5.78. The molecule has 0 heterocycles. The molecule has 0 bridgehead atoms. The smallest absolute Gasteiger partial charge is 0.222 e. The fraction of sp³-hybridized carbons (Fsp3) is 0.875. The summed E-state index contributed by atoms with van der Waals surface area (Å²) >= 11 is 0. The van der Waals surface area contributed by atoms with Crippen molar-refractivity contribution in [2.45, 2.75) is 47.0 Å². The molecule has 0 aliphatic rings. The Morgan fingerprint density at radius 2 is 1.57 bits per heavy atom. The molecule has 1 amide bonds. The van der Waals surface area contributed by atoms with Crippen LogP contribution in [0.2, 0.25) is 0 Å². The van der Waals surface area contributed by atoms with Gasteiger partial charge in [0.2, 0.25) is 5.91 Å². The van der Waals surface area contributed by atoms with Crippen LogP contribution in [-0.2, 0) is 19.1 Å². The number of hydrogen-bond donors (Lipinski definition) is 1. The SMILES string of the molecule is CC(C)CC(=O)CCCOCCOCCNC(=O)C(C)C. The highest BCUT2D eigenvalue weighted by Gasteiger charge is 2.05. The number of nitrogens with one attached hydrogen (secondary N) is 1. The standard InChI is InChI=1S/C16H31NO4/c1-13(2)12-15(18)6-5-8-20-10-11-21-9-7-17-16(19)14(3)4/h13-14H,5-12H2,1-4H3,(H,17,19). The number of carbonyl (C=O) groups excluding carboxylic acids is 2. The van der Waals surface area contributed by atoms with E-state index < -0.39 is 0 Å². The van der Waals surface area contributed by atoms with Crippen LogP contribution in [0.5, 0.6) is 0 Å². The van der Waals surface area contributed by atoms with Crippen molar-refractivity contribution in [1.29, 1.82) is 0 Å². The number of Topliss-reactive ketones (excluding diaryl/α,β-unsaturated/α-hetero) is 1. The molecule has 5 heteroatoms. The second kappa shape index (κ2) is 12.8. The normalized spacial score (nSPS) is 11.1. The lowest BCUT2D eigenvalue weighted by atomic mass is 10.0. The molecule has 0 aromatic rings. The summed E-state index contributed by atoms with van der Waals surface area (Å²) in [6.45, 7) is 10.5. The van der Waals surface area contributed by atoms with Crippen molar-refractivity contribution >= 4 is 11.7 Å². The largest absolute Gasteiger partial charge is 0.379 e. The number of rotatable bonds is 13. The van der Waals surface area contributed by atoms with Gasteiger partial charge < -0.3 is 14.8 Å². The molecule has 1 N–H and O–H groups in total. The summed E-state index contributed by atoms with van der Waals surface area (Å²) in [5, 5.41) is 2.78. The first kappa shape index (κ1) is 20.1. The Bertz CT molecular complexity index is 290. The van der Waals surface area contributed by atoms with Crippen molar-refractivity contribution in [3.8, 4) is 0 Å². The topological polar surface area (TPSA) is 64.6 Å². The molecule has 0 aromatic carbocycles. The fourth-order valence-corrected chi connectivity index (χ4v) is 1.70. The van der Waals surface area contributed by atoms with Crippen LogP contribution in [-0.4, -0.2) is 44.7 Å². The Kier molecular flexibility index (Phi) is 12.2. The lowest BCUT2D eigenvalue weighted by molar-refractivity contribution is -0.124. The van der Waals surface area contributed by atoms with Gasteiger partial charge in [0.15, 0.2) is 0 Å². The van der Waals surface area contributed by atoms with Crippen molar-refractivity contribution in [3.63, 3.8) is 0 Å². The molecular formula is C16H31NO4. The Morgan fingerprint density at radius 3 is 2.14 bits per heavy atom. The first-order chi connectivity index (χ1) is 9.93. The molecule has 0 spiro atoms. The van der Waals surface area contributed by atoms with E-state index >= 15 is 0 Å². The van der Waals surface area contributed by atoms with Gasteiger partial charge in [-0.3, -0.25) is 9.59 Å². The molecule has 0 rings (SSSR count). The summed E-state index contributed by atoms with van der Waals surface area (Å²) in [6.07, 6.45) is 2.03. The first-order valence-electron chi connectivity index (χ1n) is 7.88. The van der Waals surface area contributed by atoms with E-state index in [1.807, 2.05) is 13.8 Å². The van der Waals surface area contributed by atoms with Gasteiger partial charge in [0, 0.05) is 31.9 Å². The number of carbonyl (C=O) groups is 2. The summed E-state index contributed by atoms with van der Waals surface area (Å²) in [4.78, 5) is 22.7. The van der Waals surface area contributed by atoms with Crippen molar-refractivity contribution in [3.05, 3.63) is 0 Å². The zero-order valence-electron chi connectivity index (χ0n) is 13.9. The van der Waals surface area contributed by atoms with Gasteiger partial charge in [-0.25, -0.2) is 0 Å². The van der Waals surface area contributed by atoms with Crippen LogP contribution in [0.15, 0.2) is 0 Å². The van der Waals surface area contributed by atoms with E-state index in [1.54, 1.807) is 0 Å². The van der Waals surface area contributed by atoms with E-state index in [0.29, 0.717) is 57.5 Å². The predicted molar refractivity (Wildman–Crippen MR) is 83.2 cm³/mol. The Labute approximate surface area is 128 Å². The molecule has 0 unspecified atom stereocenters. The van der Waals surface area contributed by atoms with Crippen LogP contribution < -0.4 is 5.32 Å². The Balaban J connectivity index is 3.23. The third kappa shape index (κ3) is 13.8. The minimum absolute atomic E-state index is 0.00624. The molecule has 21 heavy (non-hydrogen) atoms. The van der Waals surface area contributed by atoms with Crippen LogP contribution in [0.25, 0.3) is 0 Å². The van der Waals surface area contributed by atoms with Gasteiger partial charge in [0.1, 0.15) is 5.78 Å². The summed E-state index contributed by atoms with van der Waals surface area (Å²) < 4.78 is 10.7. The van der Waals surface area contributed by atoms with Gasteiger partial charge in [-0.1, -0.05) is 27.7 Å². The molecule has 0 radical (unpaired) electrons. The maximum atomic E-state index is 11.4. The Morgan fingerprint density at radius 1 is 0.952 bits per heavy atom. The summed E-state index contributed by atoms with van der Waals surface area (Å²) in [6, 6.07) is 0. The van der Waals surface area contributed by atoms with E-state index in [-0.39, 0.29) is 11.8 Å². The maximum absolute atomic E-state index is 11.4. The second-order valence-electron chi connectivity index (χ2n) is 5.91. The molecule has 5 nitrogen and oxygen atoms in total. The van der Waals surface area contributed by atoms with Crippen LogP contribution in [0.3, 0.4) is 0 Å². The average molecular weight is 301 g/mol. The third-order valence-corrected chi connectivity index (χ3v) is 2.82. The zero-order chi connectivity index (χ0) is 16.1. The number of ether oxygens (including phenoxy) is 2. The Hall–Kier alpha value is -0.940. The fourth-order valence-electron chi connectivity index (χ4n) is 1.70. The number of ketones is 1. The van der Waals surface area contributed by atoms with Gasteiger partial charge >= 0.3 is 0 Å². The van der Waals surface area contributed by atoms with Crippen molar-refractivity contribution in [1.82, 2.24) is 5.32 Å². The van der Waals surface area contributed by atoms with E-state index in [9.17, 15) is 9.59 Å².